The number of carbonyl (C=O) groups is 1. The molecule has 0 aliphatic heterocycles. The van der Waals surface area contributed by atoms with Crippen molar-refractivity contribution in [3.63, 3.8) is 0 Å². The quantitative estimate of drug-likeness (QED) is 0.306. The van der Waals surface area contributed by atoms with Gasteiger partial charge >= 0.3 is 0 Å². The Balaban J connectivity index is 1.30. The number of para-hydroxylation sites is 2. The molecule has 2 aromatic heterocycles. The molecule has 4 aromatic rings. The maximum atomic E-state index is 12.1. The van der Waals surface area contributed by atoms with Gasteiger partial charge in [0, 0.05) is 19.5 Å². The molecule has 1 amide bonds. The minimum absolute atomic E-state index is 0.144. The van der Waals surface area contributed by atoms with Crippen LogP contribution in [0.4, 0.5) is 0 Å². The molecule has 34 heavy (non-hydrogen) atoms. The standard InChI is InChI=1S/C28H33N3O3/c1-28(2,3)21-12-14-22(15-13-21)33-19-7-6-18-31-24-10-5-4-9-23(24)30-26(31)16-17-29-27(32)25-11-8-20-34-25/h4-5,8-15,20H,6-7,16-19H2,1-3H3,(H,29,32). The van der Waals surface area contributed by atoms with Crippen LogP contribution in [-0.2, 0) is 18.4 Å². The number of carbonyl (C=O) groups excluding carboxylic acids is 1. The molecule has 6 heteroatoms. The van der Waals surface area contributed by atoms with Crippen LogP contribution in [0.15, 0.2) is 71.3 Å². The Morgan fingerprint density at radius 1 is 1.03 bits per heavy atom. The number of aryl methyl sites for hydroxylation is 1. The fraction of sp³-hybridized carbons (Fsp3) is 0.357. The summed E-state index contributed by atoms with van der Waals surface area (Å²) in [7, 11) is 0. The fourth-order valence-electron chi connectivity index (χ4n) is 3.96. The Morgan fingerprint density at radius 3 is 2.56 bits per heavy atom. The van der Waals surface area contributed by atoms with E-state index in [4.69, 9.17) is 14.1 Å². The maximum absolute atomic E-state index is 12.1. The predicted molar refractivity (Wildman–Crippen MR) is 134 cm³/mol. The molecule has 2 heterocycles. The highest BCUT2D eigenvalue weighted by Gasteiger charge is 2.14. The van der Waals surface area contributed by atoms with Crippen LogP contribution in [0.5, 0.6) is 5.75 Å². The number of aromatic nitrogens is 2. The van der Waals surface area contributed by atoms with Gasteiger partial charge in [-0.25, -0.2) is 4.98 Å². The fourth-order valence-corrected chi connectivity index (χ4v) is 3.96. The third-order valence-corrected chi connectivity index (χ3v) is 5.88. The third kappa shape index (κ3) is 5.87. The summed E-state index contributed by atoms with van der Waals surface area (Å²) in [6, 6.07) is 19.9. The normalized spacial score (nSPS) is 11.6. The second kappa shape index (κ2) is 10.6. The Hall–Kier alpha value is -3.54. The summed E-state index contributed by atoms with van der Waals surface area (Å²) in [6.45, 7) is 8.67. The Morgan fingerprint density at radius 2 is 1.82 bits per heavy atom. The zero-order valence-corrected chi connectivity index (χ0v) is 20.2. The van der Waals surface area contributed by atoms with Crippen LogP contribution in [0.3, 0.4) is 0 Å². The van der Waals surface area contributed by atoms with Crippen molar-refractivity contribution >= 4 is 16.9 Å². The van der Waals surface area contributed by atoms with Gasteiger partial charge in [-0.2, -0.15) is 0 Å². The van der Waals surface area contributed by atoms with Gasteiger partial charge in [-0.05, 0) is 60.2 Å². The van der Waals surface area contributed by atoms with Gasteiger partial charge in [-0.1, -0.05) is 45.0 Å². The van der Waals surface area contributed by atoms with E-state index >= 15 is 0 Å². The highest BCUT2D eigenvalue weighted by molar-refractivity contribution is 5.91. The first-order valence-corrected chi connectivity index (χ1v) is 11.9. The summed E-state index contributed by atoms with van der Waals surface area (Å²) < 4.78 is 13.4. The molecule has 0 atom stereocenters. The van der Waals surface area contributed by atoms with Crippen LogP contribution >= 0.6 is 0 Å². The summed E-state index contributed by atoms with van der Waals surface area (Å²) >= 11 is 0. The molecule has 0 bridgehead atoms. The molecular formula is C28H33N3O3. The molecule has 178 valence electrons. The molecule has 0 aliphatic rings. The lowest BCUT2D eigenvalue weighted by Crippen LogP contribution is -2.26. The second-order valence-corrected chi connectivity index (χ2v) is 9.48. The lowest BCUT2D eigenvalue weighted by atomic mass is 9.87. The molecule has 0 saturated carbocycles. The van der Waals surface area contributed by atoms with E-state index in [1.165, 1.54) is 11.8 Å². The first-order valence-electron chi connectivity index (χ1n) is 11.9. The molecule has 1 N–H and O–H groups in total. The first kappa shape index (κ1) is 23.6. The minimum atomic E-state index is -0.208. The zero-order chi connectivity index (χ0) is 24.0. The molecule has 6 nitrogen and oxygen atoms in total. The molecule has 0 aliphatic carbocycles. The number of imidazole rings is 1. The smallest absolute Gasteiger partial charge is 0.286 e. The first-order chi connectivity index (χ1) is 16.4. The highest BCUT2D eigenvalue weighted by atomic mass is 16.5. The summed E-state index contributed by atoms with van der Waals surface area (Å²) in [6.07, 6.45) is 4.07. The van der Waals surface area contributed by atoms with E-state index in [1.807, 2.05) is 18.2 Å². The average Bonchev–Trinajstić information content (AvgIpc) is 3.47. The van der Waals surface area contributed by atoms with E-state index in [-0.39, 0.29) is 11.3 Å². The van der Waals surface area contributed by atoms with Gasteiger partial charge in [-0.3, -0.25) is 4.79 Å². The van der Waals surface area contributed by atoms with Crippen molar-refractivity contribution in [1.29, 1.82) is 0 Å². The van der Waals surface area contributed by atoms with Crippen molar-refractivity contribution in [2.75, 3.05) is 13.2 Å². The van der Waals surface area contributed by atoms with E-state index in [2.05, 4.69) is 61.0 Å². The van der Waals surface area contributed by atoms with Gasteiger partial charge < -0.3 is 19.0 Å². The molecule has 0 fully saturated rings. The molecule has 0 radical (unpaired) electrons. The van der Waals surface area contributed by atoms with Crippen molar-refractivity contribution in [3.8, 4) is 5.75 Å². The number of hydrogen-bond acceptors (Lipinski definition) is 4. The molecule has 0 unspecified atom stereocenters. The van der Waals surface area contributed by atoms with E-state index in [9.17, 15) is 4.79 Å². The number of unbranched alkanes of at least 4 members (excludes halogenated alkanes) is 1. The van der Waals surface area contributed by atoms with Crippen LogP contribution in [0, 0.1) is 0 Å². The summed E-state index contributed by atoms with van der Waals surface area (Å²) in [4.78, 5) is 16.9. The van der Waals surface area contributed by atoms with Crippen molar-refractivity contribution < 1.29 is 13.9 Å². The van der Waals surface area contributed by atoms with Gasteiger partial charge in [0.2, 0.25) is 0 Å². The molecule has 0 spiro atoms. The number of furan rings is 1. The third-order valence-electron chi connectivity index (χ3n) is 5.88. The monoisotopic (exact) mass is 459 g/mol. The molecule has 2 aromatic carbocycles. The van der Waals surface area contributed by atoms with Crippen LogP contribution in [0.2, 0.25) is 0 Å². The lowest BCUT2D eigenvalue weighted by molar-refractivity contribution is 0.0926. The lowest BCUT2D eigenvalue weighted by Gasteiger charge is -2.19. The summed E-state index contributed by atoms with van der Waals surface area (Å²) in [5.41, 5.74) is 3.55. The van der Waals surface area contributed by atoms with E-state index in [0.29, 0.717) is 25.3 Å². The SMILES string of the molecule is CC(C)(C)c1ccc(OCCCCn2c(CCNC(=O)c3ccco3)nc3ccccc32)cc1. The van der Waals surface area contributed by atoms with Gasteiger partial charge in [0.25, 0.3) is 5.91 Å². The topological polar surface area (TPSA) is 69.3 Å². The van der Waals surface area contributed by atoms with Crippen molar-refractivity contribution in [3.05, 3.63) is 84.1 Å². The van der Waals surface area contributed by atoms with Crippen LogP contribution in [-0.4, -0.2) is 28.6 Å². The summed E-state index contributed by atoms with van der Waals surface area (Å²) in [5.74, 6) is 2.00. The maximum Gasteiger partial charge on any atom is 0.286 e. The number of fused-ring (bicyclic) bond motifs is 1. The molecule has 0 saturated heterocycles. The van der Waals surface area contributed by atoms with E-state index in [0.717, 1.165) is 42.0 Å². The number of rotatable bonds is 10. The van der Waals surface area contributed by atoms with Crippen LogP contribution in [0.1, 0.15) is 55.6 Å². The van der Waals surface area contributed by atoms with Crippen molar-refractivity contribution in [1.82, 2.24) is 14.9 Å². The Kier molecular flexibility index (Phi) is 7.36. The zero-order valence-electron chi connectivity index (χ0n) is 20.2. The number of nitrogens with zero attached hydrogens (tertiary/aromatic N) is 2. The number of amides is 1. The van der Waals surface area contributed by atoms with Gasteiger partial charge in [0.15, 0.2) is 5.76 Å². The van der Waals surface area contributed by atoms with Gasteiger partial charge in [0.1, 0.15) is 11.6 Å². The van der Waals surface area contributed by atoms with E-state index in [1.54, 1.807) is 12.1 Å². The molecular weight excluding hydrogens is 426 g/mol. The average molecular weight is 460 g/mol. The Labute approximate surface area is 200 Å². The van der Waals surface area contributed by atoms with Crippen molar-refractivity contribution in [2.45, 2.75) is 52.0 Å². The van der Waals surface area contributed by atoms with Gasteiger partial charge in [-0.15, -0.1) is 0 Å². The number of hydrogen-bond donors (Lipinski definition) is 1. The summed E-state index contributed by atoms with van der Waals surface area (Å²) in [5, 5.41) is 2.91. The van der Waals surface area contributed by atoms with Crippen LogP contribution < -0.4 is 10.1 Å². The van der Waals surface area contributed by atoms with Crippen LogP contribution in [0.25, 0.3) is 11.0 Å². The molecule has 4 rings (SSSR count). The van der Waals surface area contributed by atoms with Crippen molar-refractivity contribution in [2.24, 2.45) is 0 Å². The highest BCUT2D eigenvalue weighted by Crippen LogP contribution is 2.24. The number of benzene rings is 2. The largest absolute Gasteiger partial charge is 0.494 e. The number of ether oxygens (including phenoxy) is 1. The minimum Gasteiger partial charge on any atom is -0.494 e. The number of nitrogens with one attached hydrogen (secondary N) is 1. The van der Waals surface area contributed by atoms with E-state index < -0.39 is 0 Å². The second-order valence-electron chi connectivity index (χ2n) is 9.48. The van der Waals surface area contributed by atoms with Gasteiger partial charge in [0.05, 0.1) is 23.9 Å². The predicted octanol–water partition coefficient (Wildman–Crippen LogP) is 5.76. The Bertz CT molecular complexity index is 1200.